The molecule has 0 aromatic heterocycles. The van der Waals surface area contributed by atoms with Crippen LogP contribution < -0.4 is 10.1 Å². The van der Waals surface area contributed by atoms with Crippen molar-refractivity contribution < 1.29 is 14.6 Å². The number of ether oxygens (including phenoxy) is 1. The smallest absolute Gasteiger partial charge is 0.220 e. The van der Waals surface area contributed by atoms with Gasteiger partial charge >= 0.3 is 0 Å². The van der Waals surface area contributed by atoms with Crippen LogP contribution in [0.25, 0.3) is 0 Å². The SMILES string of the molecule is COc1ccc([C@H]([C@H]2CCCC[C@H]2O)[C@@H]2CCC(=O)N2)cc1. The average molecular weight is 303 g/mol. The van der Waals surface area contributed by atoms with E-state index in [0.717, 1.165) is 37.9 Å². The molecule has 4 nitrogen and oxygen atoms in total. The van der Waals surface area contributed by atoms with Gasteiger partial charge in [-0.15, -0.1) is 0 Å². The number of nitrogens with one attached hydrogen (secondary N) is 1. The Hall–Kier alpha value is -1.55. The van der Waals surface area contributed by atoms with Crippen LogP contribution in [0.5, 0.6) is 5.75 Å². The molecule has 0 unspecified atom stereocenters. The average Bonchev–Trinajstić information content (AvgIpc) is 2.96. The molecule has 22 heavy (non-hydrogen) atoms. The molecule has 1 heterocycles. The second-order valence-corrected chi connectivity index (χ2v) is 6.53. The van der Waals surface area contributed by atoms with Crippen LogP contribution in [0.3, 0.4) is 0 Å². The first kappa shape index (κ1) is 15.3. The minimum Gasteiger partial charge on any atom is -0.497 e. The maximum atomic E-state index is 11.7. The lowest BCUT2D eigenvalue weighted by atomic mass is 9.71. The monoisotopic (exact) mass is 303 g/mol. The van der Waals surface area contributed by atoms with Gasteiger partial charge in [0.2, 0.25) is 5.91 Å². The lowest BCUT2D eigenvalue weighted by molar-refractivity contribution is -0.119. The molecule has 120 valence electrons. The Morgan fingerprint density at radius 1 is 1.18 bits per heavy atom. The lowest BCUT2D eigenvalue weighted by Crippen LogP contribution is -2.40. The zero-order valence-corrected chi connectivity index (χ0v) is 13.1. The zero-order chi connectivity index (χ0) is 15.5. The molecule has 1 aliphatic carbocycles. The van der Waals surface area contributed by atoms with Crippen LogP contribution in [0.2, 0.25) is 0 Å². The summed E-state index contributed by atoms with van der Waals surface area (Å²) in [6.07, 6.45) is 5.36. The minimum absolute atomic E-state index is 0.133. The molecule has 0 spiro atoms. The van der Waals surface area contributed by atoms with Gasteiger partial charge in [-0.1, -0.05) is 25.0 Å². The Balaban J connectivity index is 1.88. The van der Waals surface area contributed by atoms with Crippen LogP contribution in [0.1, 0.15) is 50.0 Å². The summed E-state index contributed by atoms with van der Waals surface area (Å²) in [6.45, 7) is 0. The van der Waals surface area contributed by atoms with Crippen molar-refractivity contribution in [3.05, 3.63) is 29.8 Å². The molecule has 2 N–H and O–H groups in total. The van der Waals surface area contributed by atoms with Crippen LogP contribution >= 0.6 is 0 Å². The normalized spacial score (nSPS) is 29.9. The lowest BCUT2D eigenvalue weighted by Gasteiger charge is -2.37. The van der Waals surface area contributed by atoms with E-state index in [1.165, 1.54) is 5.56 Å². The number of aliphatic hydroxyl groups excluding tert-OH is 1. The first-order chi connectivity index (χ1) is 10.7. The Bertz CT molecular complexity index is 514. The van der Waals surface area contributed by atoms with Crippen LogP contribution in [0.15, 0.2) is 24.3 Å². The zero-order valence-electron chi connectivity index (χ0n) is 13.1. The molecule has 1 aliphatic heterocycles. The van der Waals surface area contributed by atoms with Gasteiger partial charge in [0.05, 0.1) is 13.2 Å². The predicted octanol–water partition coefficient (Wildman–Crippen LogP) is 2.61. The number of aliphatic hydroxyl groups is 1. The number of hydrogen-bond donors (Lipinski definition) is 2. The van der Waals surface area contributed by atoms with E-state index >= 15 is 0 Å². The van der Waals surface area contributed by atoms with Gasteiger partial charge in [0.25, 0.3) is 0 Å². The molecule has 0 radical (unpaired) electrons. The maximum Gasteiger partial charge on any atom is 0.220 e. The van der Waals surface area contributed by atoms with Crippen LogP contribution in [0, 0.1) is 5.92 Å². The Morgan fingerprint density at radius 2 is 1.91 bits per heavy atom. The highest BCUT2D eigenvalue weighted by molar-refractivity contribution is 5.78. The van der Waals surface area contributed by atoms with Gasteiger partial charge in [0, 0.05) is 18.4 Å². The van der Waals surface area contributed by atoms with Crippen LogP contribution in [-0.4, -0.2) is 30.3 Å². The number of rotatable bonds is 4. The summed E-state index contributed by atoms with van der Waals surface area (Å²) >= 11 is 0. The van der Waals surface area contributed by atoms with E-state index in [2.05, 4.69) is 17.4 Å². The summed E-state index contributed by atoms with van der Waals surface area (Å²) in [6, 6.07) is 8.23. The molecular weight excluding hydrogens is 278 g/mol. The minimum atomic E-state index is -0.265. The Kier molecular flexibility index (Phi) is 4.67. The van der Waals surface area contributed by atoms with E-state index in [9.17, 15) is 9.90 Å². The van der Waals surface area contributed by atoms with E-state index < -0.39 is 0 Å². The second-order valence-electron chi connectivity index (χ2n) is 6.53. The number of carbonyl (C=O) groups excluding carboxylic acids is 1. The van der Waals surface area contributed by atoms with Crippen molar-refractivity contribution in [2.75, 3.05) is 7.11 Å². The molecular formula is C18H25NO3. The summed E-state index contributed by atoms with van der Waals surface area (Å²) < 4.78 is 5.24. The highest BCUT2D eigenvalue weighted by Gasteiger charge is 2.39. The molecule has 1 aromatic rings. The summed E-state index contributed by atoms with van der Waals surface area (Å²) in [4.78, 5) is 11.7. The Morgan fingerprint density at radius 3 is 2.50 bits per heavy atom. The van der Waals surface area contributed by atoms with Crippen LogP contribution in [0.4, 0.5) is 0 Å². The summed E-state index contributed by atoms with van der Waals surface area (Å²) in [5, 5.41) is 13.6. The van der Waals surface area contributed by atoms with E-state index in [0.29, 0.717) is 6.42 Å². The summed E-state index contributed by atoms with van der Waals surface area (Å²) in [5.74, 6) is 1.38. The number of benzene rings is 1. The fourth-order valence-corrected chi connectivity index (χ4v) is 4.07. The van der Waals surface area contributed by atoms with Gasteiger partial charge in [0.1, 0.15) is 5.75 Å². The van der Waals surface area contributed by atoms with Gasteiger partial charge < -0.3 is 15.2 Å². The highest BCUT2D eigenvalue weighted by Crippen LogP contribution is 2.41. The standard InChI is InChI=1S/C18H25NO3/c1-22-13-8-6-12(7-9-13)18(15-10-11-17(21)19-15)14-4-2-3-5-16(14)20/h6-9,14-16,18,20H,2-5,10-11H2,1H3,(H,19,21)/t14-,15-,16+,18+/m0/s1. The van der Waals surface area contributed by atoms with Crippen molar-refractivity contribution in [3.63, 3.8) is 0 Å². The molecule has 1 saturated carbocycles. The third-order valence-corrected chi connectivity index (χ3v) is 5.21. The largest absolute Gasteiger partial charge is 0.497 e. The van der Waals surface area contributed by atoms with Gasteiger partial charge in [-0.05, 0) is 42.9 Å². The summed E-state index contributed by atoms with van der Waals surface area (Å²) in [7, 11) is 1.66. The maximum absolute atomic E-state index is 11.7. The summed E-state index contributed by atoms with van der Waals surface area (Å²) in [5.41, 5.74) is 1.19. The van der Waals surface area contributed by atoms with E-state index in [4.69, 9.17) is 4.74 Å². The van der Waals surface area contributed by atoms with E-state index in [1.54, 1.807) is 7.11 Å². The molecule has 4 atom stereocenters. The fourth-order valence-electron chi connectivity index (χ4n) is 4.07. The molecule has 1 amide bonds. The van der Waals surface area contributed by atoms with Gasteiger partial charge in [-0.3, -0.25) is 4.79 Å². The number of hydrogen-bond acceptors (Lipinski definition) is 3. The van der Waals surface area contributed by atoms with E-state index in [-0.39, 0.29) is 29.9 Å². The quantitative estimate of drug-likeness (QED) is 0.899. The highest BCUT2D eigenvalue weighted by atomic mass is 16.5. The molecule has 0 bridgehead atoms. The van der Waals surface area contributed by atoms with Crippen molar-refractivity contribution in [2.45, 2.75) is 56.6 Å². The topological polar surface area (TPSA) is 58.6 Å². The Labute approximate surface area is 131 Å². The van der Waals surface area contributed by atoms with Crippen molar-refractivity contribution in [1.29, 1.82) is 0 Å². The second kappa shape index (κ2) is 6.69. The fraction of sp³-hybridized carbons (Fsp3) is 0.611. The molecule has 1 aromatic carbocycles. The third-order valence-electron chi connectivity index (χ3n) is 5.21. The predicted molar refractivity (Wildman–Crippen MR) is 84.9 cm³/mol. The van der Waals surface area contributed by atoms with Crippen LogP contribution in [-0.2, 0) is 4.79 Å². The number of amides is 1. The van der Waals surface area contributed by atoms with Crippen molar-refractivity contribution in [2.24, 2.45) is 5.92 Å². The molecule has 2 fully saturated rings. The van der Waals surface area contributed by atoms with Gasteiger partial charge in [0.15, 0.2) is 0 Å². The molecule has 2 aliphatic rings. The van der Waals surface area contributed by atoms with Gasteiger partial charge in [-0.25, -0.2) is 0 Å². The number of methoxy groups -OCH3 is 1. The van der Waals surface area contributed by atoms with Crippen molar-refractivity contribution in [3.8, 4) is 5.75 Å². The van der Waals surface area contributed by atoms with Crippen molar-refractivity contribution in [1.82, 2.24) is 5.32 Å². The number of carbonyl (C=O) groups is 1. The molecule has 3 rings (SSSR count). The van der Waals surface area contributed by atoms with Crippen molar-refractivity contribution >= 4 is 5.91 Å². The van der Waals surface area contributed by atoms with Gasteiger partial charge in [-0.2, -0.15) is 0 Å². The molecule has 1 saturated heterocycles. The van der Waals surface area contributed by atoms with E-state index in [1.807, 2.05) is 12.1 Å². The molecule has 4 heteroatoms. The first-order valence-corrected chi connectivity index (χ1v) is 8.30. The third kappa shape index (κ3) is 3.12. The first-order valence-electron chi connectivity index (χ1n) is 8.30.